The second-order valence-corrected chi connectivity index (χ2v) is 10.1. The molecule has 1 aromatic carbocycles. The molecule has 4 aliphatic rings. The molecular weight excluding hydrogens is 364 g/mol. The van der Waals surface area contributed by atoms with Gasteiger partial charge in [0.15, 0.2) is 0 Å². The first kappa shape index (κ1) is 19.2. The molecule has 1 aromatic rings. The number of nitrogens with zero attached hydrogens (tertiary/aromatic N) is 3. The molecule has 1 aliphatic heterocycles. The van der Waals surface area contributed by atoms with Gasteiger partial charge in [-0.1, -0.05) is 12.8 Å². The minimum absolute atomic E-state index is 0.210. The zero-order valence-electron chi connectivity index (χ0n) is 17.8. The van der Waals surface area contributed by atoms with E-state index in [9.17, 15) is 10.1 Å². The highest BCUT2D eigenvalue weighted by Gasteiger charge is 2.59. The molecular formula is C23H34N4O2. The lowest BCUT2D eigenvalue weighted by Crippen LogP contribution is -2.47. The lowest BCUT2D eigenvalue weighted by atomic mass is 9.58. The van der Waals surface area contributed by atoms with Crippen LogP contribution in [0.5, 0.6) is 0 Å². The lowest BCUT2D eigenvalue weighted by molar-refractivity contribution is -0.384. The predicted molar refractivity (Wildman–Crippen MR) is 116 cm³/mol. The summed E-state index contributed by atoms with van der Waals surface area (Å²) in [5, 5.41) is 15.4. The zero-order valence-corrected chi connectivity index (χ0v) is 17.8. The quantitative estimate of drug-likeness (QED) is 0.590. The van der Waals surface area contributed by atoms with Crippen LogP contribution in [0.25, 0.3) is 0 Å². The van der Waals surface area contributed by atoms with Crippen molar-refractivity contribution in [1.82, 2.24) is 4.90 Å². The maximum absolute atomic E-state index is 11.7. The Bertz CT molecular complexity index is 791. The van der Waals surface area contributed by atoms with Crippen molar-refractivity contribution in [2.45, 2.75) is 51.5 Å². The van der Waals surface area contributed by atoms with E-state index in [2.05, 4.69) is 29.1 Å². The van der Waals surface area contributed by atoms with Crippen LogP contribution in [0.1, 0.15) is 45.4 Å². The highest BCUT2D eigenvalue weighted by molar-refractivity contribution is 5.69. The van der Waals surface area contributed by atoms with Crippen molar-refractivity contribution in [2.24, 2.45) is 23.2 Å². The first-order valence-electron chi connectivity index (χ1n) is 11.4. The molecule has 1 N–H and O–H groups in total. The predicted octanol–water partition coefficient (Wildman–Crippen LogP) is 4.36. The van der Waals surface area contributed by atoms with Gasteiger partial charge < -0.3 is 15.1 Å². The van der Waals surface area contributed by atoms with Crippen LogP contribution in [0, 0.1) is 33.3 Å². The van der Waals surface area contributed by atoms with Gasteiger partial charge in [0.1, 0.15) is 5.69 Å². The number of hydrogen-bond donors (Lipinski definition) is 1. The van der Waals surface area contributed by atoms with E-state index in [-0.39, 0.29) is 16.7 Å². The molecule has 0 aromatic heterocycles. The number of nitro groups is 1. The summed E-state index contributed by atoms with van der Waals surface area (Å²) in [5.41, 5.74) is 2.36. The first-order chi connectivity index (χ1) is 14.0. The number of piperazine rings is 1. The van der Waals surface area contributed by atoms with E-state index in [4.69, 9.17) is 0 Å². The van der Waals surface area contributed by atoms with Gasteiger partial charge in [0, 0.05) is 44.0 Å². The van der Waals surface area contributed by atoms with E-state index >= 15 is 0 Å². The average Bonchev–Trinajstić information content (AvgIpc) is 3.28. The molecule has 3 aliphatic carbocycles. The van der Waals surface area contributed by atoms with Crippen molar-refractivity contribution in [3.8, 4) is 0 Å². The second-order valence-electron chi connectivity index (χ2n) is 10.1. The monoisotopic (exact) mass is 398 g/mol. The van der Waals surface area contributed by atoms with E-state index in [0.29, 0.717) is 11.1 Å². The fraction of sp³-hybridized carbons (Fsp3) is 0.739. The topological polar surface area (TPSA) is 61.6 Å². The number of fused-ring (bicyclic) bond motifs is 1. The molecule has 4 fully saturated rings. The molecule has 3 saturated carbocycles. The Morgan fingerprint density at radius 2 is 2.03 bits per heavy atom. The van der Waals surface area contributed by atoms with E-state index in [1.165, 1.54) is 38.5 Å². The zero-order chi connectivity index (χ0) is 20.2. The number of anilines is 2. The summed E-state index contributed by atoms with van der Waals surface area (Å²) in [6.45, 7) is 6.29. The maximum Gasteiger partial charge on any atom is 0.292 e. The molecule has 1 heterocycles. The number of nitrogens with one attached hydrogen (secondary N) is 1. The number of rotatable bonds is 5. The van der Waals surface area contributed by atoms with Crippen LogP contribution in [-0.4, -0.2) is 49.1 Å². The largest absolute Gasteiger partial charge is 0.376 e. The maximum atomic E-state index is 11.7. The summed E-state index contributed by atoms with van der Waals surface area (Å²) in [6.07, 6.45) is 8.13. The van der Waals surface area contributed by atoms with Crippen LogP contribution in [0.2, 0.25) is 0 Å². The van der Waals surface area contributed by atoms with Gasteiger partial charge in [-0.25, -0.2) is 0 Å². The summed E-state index contributed by atoms with van der Waals surface area (Å²) >= 11 is 0. The Hall–Kier alpha value is -1.82. The van der Waals surface area contributed by atoms with Crippen molar-refractivity contribution in [2.75, 3.05) is 43.4 Å². The summed E-state index contributed by atoms with van der Waals surface area (Å²) in [5.74, 6) is 2.61. The Morgan fingerprint density at radius 3 is 2.76 bits per heavy atom. The molecule has 0 amide bonds. The molecule has 0 radical (unpaired) electrons. The average molecular weight is 399 g/mol. The molecule has 29 heavy (non-hydrogen) atoms. The third-order valence-electron chi connectivity index (χ3n) is 8.70. The Balaban J connectivity index is 1.41. The molecule has 0 spiro atoms. The summed E-state index contributed by atoms with van der Waals surface area (Å²) < 4.78 is 0. The molecule has 5 atom stereocenters. The number of benzene rings is 1. The van der Waals surface area contributed by atoms with Crippen LogP contribution < -0.4 is 10.2 Å². The number of likely N-dealkylation sites (N-methyl/N-ethyl adjacent to an activating group) is 1. The summed E-state index contributed by atoms with van der Waals surface area (Å²) in [6, 6.07) is 5.93. The van der Waals surface area contributed by atoms with Crippen LogP contribution in [0.15, 0.2) is 18.2 Å². The fourth-order valence-corrected chi connectivity index (χ4v) is 7.25. The van der Waals surface area contributed by atoms with Crippen molar-refractivity contribution < 1.29 is 4.92 Å². The van der Waals surface area contributed by atoms with E-state index in [1.807, 2.05) is 12.1 Å². The normalized spacial score (nSPS) is 35.0. The molecule has 158 valence electrons. The standard InChI is InChI=1S/C23H34N4O2/c1-16(23-7-3-4-18-12-17(15-23)13-20(18)23)24-21-14-19(5-6-22(21)27(28)29)26-10-8-25(2)9-11-26/h5-6,14,16-18,20,24H,3-4,7-13,15H2,1-2H3/t16-,17-,18+,20+,23+/m1/s1. The molecule has 2 bridgehead atoms. The summed E-state index contributed by atoms with van der Waals surface area (Å²) in [4.78, 5) is 16.2. The van der Waals surface area contributed by atoms with E-state index in [0.717, 1.165) is 49.6 Å². The highest BCUT2D eigenvalue weighted by Crippen LogP contribution is 2.66. The van der Waals surface area contributed by atoms with Crippen molar-refractivity contribution in [3.63, 3.8) is 0 Å². The molecule has 6 heteroatoms. The number of nitro benzene ring substituents is 1. The fourth-order valence-electron chi connectivity index (χ4n) is 7.25. The van der Waals surface area contributed by atoms with Gasteiger partial charge in [-0.15, -0.1) is 0 Å². The Kier molecular flexibility index (Phi) is 4.72. The van der Waals surface area contributed by atoms with Gasteiger partial charge in [0.2, 0.25) is 0 Å². The van der Waals surface area contributed by atoms with E-state index in [1.54, 1.807) is 6.07 Å². The minimum atomic E-state index is -0.231. The lowest BCUT2D eigenvalue weighted by Gasteiger charge is -2.50. The molecule has 5 rings (SSSR count). The van der Waals surface area contributed by atoms with Crippen LogP contribution in [0.4, 0.5) is 17.1 Å². The second kappa shape index (κ2) is 7.15. The van der Waals surface area contributed by atoms with Crippen LogP contribution >= 0.6 is 0 Å². The van der Waals surface area contributed by atoms with Crippen molar-refractivity contribution in [3.05, 3.63) is 28.3 Å². The van der Waals surface area contributed by atoms with Gasteiger partial charge in [0.05, 0.1) is 4.92 Å². The smallest absolute Gasteiger partial charge is 0.292 e. The Morgan fingerprint density at radius 1 is 1.24 bits per heavy atom. The van der Waals surface area contributed by atoms with Crippen molar-refractivity contribution >= 4 is 17.1 Å². The minimum Gasteiger partial charge on any atom is -0.376 e. The van der Waals surface area contributed by atoms with Gasteiger partial charge in [-0.3, -0.25) is 10.1 Å². The van der Waals surface area contributed by atoms with Crippen LogP contribution in [-0.2, 0) is 0 Å². The summed E-state index contributed by atoms with van der Waals surface area (Å²) in [7, 11) is 2.15. The van der Waals surface area contributed by atoms with E-state index < -0.39 is 0 Å². The van der Waals surface area contributed by atoms with Gasteiger partial charge >= 0.3 is 0 Å². The van der Waals surface area contributed by atoms with Crippen LogP contribution in [0.3, 0.4) is 0 Å². The SMILES string of the molecule is C[C@@H](Nc1cc(N2CCN(C)CC2)ccc1[N+](=O)[O-])[C@@]12CCC[C@H]3C[C@H](C[C@@H]31)C2. The Labute approximate surface area is 173 Å². The molecule has 1 saturated heterocycles. The molecule has 6 nitrogen and oxygen atoms in total. The van der Waals surface area contributed by atoms with Gasteiger partial charge in [-0.05, 0) is 75.0 Å². The first-order valence-corrected chi connectivity index (χ1v) is 11.4. The third kappa shape index (κ3) is 3.20. The third-order valence-corrected chi connectivity index (χ3v) is 8.70. The number of hydrogen-bond acceptors (Lipinski definition) is 5. The molecule has 0 unspecified atom stereocenters. The highest BCUT2D eigenvalue weighted by atomic mass is 16.6. The van der Waals surface area contributed by atoms with Gasteiger partial charge in [0.25, 0.3) is 5.69 Å². The van der Waals surface area contributed by atoms with Gasteiger partial charge in [-0.2, -0.15) is 0 Å². The van der Waals surface area contributed by atoms with Crippen molar-refractivity contribution in [1.29, 1.82) is 0 Å².